The van der Waals surface area contributed by atoms with Crippen LogP contribution in [-0.2, 0) is 23.2 Å². The van der Waals surface area contributed by atoms with Gasteiger partial charge in [-0.25, -0.2) is 13.1 Å². The van der Waals surface area contributed by atoms with Gasteiger partial charge in [0.2, 0.25) is 10.0 Å². The van der Waals surface area contributed by atoms with Crippen molar-refractivity contribution >= 4 is 37.3 Å². The third-order valence-electron chi connectivity index (χ3n) is 2.41. The highest BCUT2D eigenvalue weighted by Crippen LogP contribution is 2.21. The molecule has 7 heteroatoms. The van der Waals surface area contributed by atoms with Gasteiger partial charge in [-0.2, -0.15) is 0 Å². The van der Waals surface area contributed by atoms with Gasteiger partial charge in [0.25, 0.3) is 0 Å². The fourth-order valence-electron chi connectivity index (χ4n) is 1.48. The van der Waals surface area contributed by atoms with Crippen molar-refractivity contribution in [2.75, 3.05) is 0 Å². The van der Waals surface area contributed by atoms with Gasteiger partial charge in [-0.1, -0.05) is 28.1 Å². The molecule has 1 aromatic carbocycles. The maximum atomic E-state index is 12.0. The zero-order valence-corrected chi connectivity index (χ0v) is 13.1. The van der Waals surface area contributed by atoms with Crippen molar-refractivity contribution in [3.63, 3.8) is 0 Å². The maximum Gasteiger partial charge on any atom is 0.250 e. The lowest BCUT2D eigenvalue weighted by atomic mass is 10.2. The Bertz CT molecular complexity index is 667. The summed E-state index contributed by atoms with van der Waals surface area (Å²) in [4.78, 5) is 0.628. The van der Waals surface area contributed by atoms with E-state index in [9.17, 15) is 8.42 Å². The van der Waals surface area contributed by atoms with Gasteiger partial charge in [0.1, 0.15) is 4.21 Å². The molecule has 1 aromatic heterocycles. The summed E-state index contributed by atoms with van der Waals surface area (Å²) in [6, 6.07) is 10.5. The monoisotopic (exact) mass is 361 g/mol. The van der Waals surface area contributed by atoms with E-state index in [-0.39, 0.29) is 17.4 Å². The Morgan fingerprint density at radius 3 is 2.68 bits per heavy atom. The molecule has 1 heterocycles. The molecule has 0 amide bonds. The van der Waals surface area contributed by atoms with Crippen LogP contribution in [0.1, 0.15) is 10.4 Å². The molecule has 0 radical (unpaired) electrons. The number of hydrogen-bond acceptors (Lipinski definition) is 4. The molecule has 2 rings (SSSR count). The number of aliphatic hydroxyl groups excluding tert-OH is 1. The van der Waals surface area contributed by atoms with Gasteiger partial charge in [0.05, 0.1) is 6.61 Å². The Morgan fingerprint density at radius 2 is 2.05 bits per heavy atom. The summed E-state index contributed by atoms with van der Waals surface area (Å²) < 4.78 is 27.7. The summed E-state index contributed by atoms with van der Waals surface area (Å²) in [5, 5.41) is 8.95. The van der Waals surface area contributed by atoms with Crippen molar-refractivity contribution in [2.24, 2.45) is 0 Å². The van der Waals surface area contributed by atoms with Crippen molar-refractivity contribution in [1.29, 1.82) is 0 Å². The van der Waals surface area contributed by atoms with Crippen LogP contribution in [0.4, 0.5) is 0 Å². The zero-order valence-electron chi connectivity index (χ0n) is 9.84. The molecule has 2 aromatic rings. The number of halogens is 1. The Hall–Kier alpha value is -0.730. The normalized spacial score (nSPS) is 11.7. The first-order valence-electron chi connectivity index (χ1n) is 5.45. The summed E-state index contributed by atoms with van der Waals surface area (Å²) in [6.45, 7) is 0.0833. The summed E-state index contributed by atoms with van der Waals surface area (Å²) in [7, 11) is -3.52. The van der Waals surface area contributed by atoms with Crippen LogP contribution in [0.15, 0.2) is 45.1 Å². The largest absolute Gasteiger partial charge is 0.391 e. The molecule has 0 unspecified atom stereocenters. The molecule has 0 atom stereocenters. The molecule has 2 N–H and O–H groups in total. The van der Waals surface area contributed by atoms with Crippen LogP contribution >= 0.6 is 27.3 Å². The van der Waals surface area contributed by atoms with Gasteiger partial charge >= 0.3 is 0 Å². The summed E-state index contributed by atoms with van der Waals surface area (Å²) in [6.07, 6.45) is 0. The lowest BCUT2D eigenvalue weighted by Gasteiger charge is -2.05. The van der Waals surface area contributed by atoms with Gasteiger partial charge in [0, 0.05) is 15.9 Å². The summed E-state index contributed by atoms with van der Waals surface area (Å²) in [5.74, 6) is 0. The molecule has 0 aliphatic heterocycles. The zero-order chi connectivity index (χ0) is 13.9. The number of nitrogens with one attached hydrogen (secondary N) is 1. The fourth-order valence-corrected chi connectivity index (χ4v) is 4.21. The van der Waals surface area contributed by atoms with E-state index >= 15 is 0 Å². The first-order chi connectivity index (χ1) is 9.01. The highest BCUT2D eigenvalue weighted by Gasteiger charge is 2.16. The van der Waals surface area contributed by atoms with Crippen LogP contribution < -0.4 is 4.72 Å². The Kier molecular flexibility index (Phi) is 4.75. The molecule has 0 saturated heterocycles. The first-order valence-corrected chi connectivity index (χ1v) is 8.54. The Labute approximate surface area is 124 Å². The van der Waals surface area contributed by atoms with Crippen LogP contribution in [0, 0.1) is 0 Å². The highest BCUT2D eigenvalue weighted by molar-refractivity contribution is 9.10. The molecular weight excluding hydrogens is 350 g/mol. The molecule has 4 nitrogen and oxygen atoms in total. The Morgan fingerprint density at radius 1 is 1.26 bits per heavy atom. The second kappa shape index (κ2) is 6.15. The van der Waals surface area contributed by atoms with Gasteiger partial charge < -0.3 is 5.11 Å². The second-order valence-electron chi connectivity index (χ2n) is 3.83. The predicted molar refractivity (Wildman–Crippen MR) is 78.4 cm³/mol. The van der Waals surface area contributed by atoms with E-state index in [2.05, 4.69) is 20.7 Å². The number of benzene rings is 1. The second-order valence-corrected chi connectivity index (χ2v) is 7.91. The topological polar surface area (TPSA) is 66.4 Å². The number of rotatable bonds is 5. The van der Waals surface area contributed by atoms with E-state index in [1.165, 1.54) is 6.07 Å². The summed E-state index contributed by atoms with van der Waals surface area (Å²) >= 11 is 4.41. The number of sulfonamides is 1. The summed E-state index contributed by atoms with van der Waals surface area (Å²) in [5.41, 5.74) is 0.872. The van der Waals surface area contributed by atoms with E-state index in [1.54, 1.807) is 6.07 Å². The van der Waals surface area contributed by atoms with Crippen LogP contribution in [0.5, 0.6) is 0 Å². The van der Waals surface area contributed by atoms with E-state index < -0.39 is 10.0 Å². The van der Waals surface area contributed by atoms with Gasteiger partial charge in [-0.15, -0.1) is 11.3 Å². The Balaban J connectivity index is 2.09. The lowest BCUT2D eigenvalue weighted by molar-refractivity contribution is 0.285. The van der Waals surface area contributed by atoms with Crippen molar-refractivity contribution in [3.05, 3.63) is 51.3 Å². The SMILES string of the molecule is O=S(=O)(NCc1cccc(Br)c1)c1ccc(CO)s1. The number of hydrogen-bond donors (Lipinski definition) is 2. The highest BCUT2D eigenvalue weighted by atomic mass is 79.9. The number of aliphatic hydroxyl groups is 1. The molecule has 0 bridgehead atoms. The van der Waals surface area contributed by atoms with Crippen LogP contribution in [0.25, 0.3) is 0 Å². The minimum Gasteiger partial charge on any atom is -0.391 e. The third-order valence-corrected chi connectivity index (χ3v) is 5.87. The van der Waals surface area contributed by atoms with Crippen LogP contribution in [-0.4, -0.2) is 13.5 Å². The molecular formula is C12H12BrNO3S2. The van der Waals surface area contributed by atoms with Crippen molar-refractivity contribution in [3.8, 4) is 0 Å². The quantitative estimate of drug-likeness (QED) is 0.859. The van der Waals surface area contributed by atoms with Gasteiger partial charge in [-0.05, 0) is 29.8 Å². The number of thiophene rings is 1. The molecule has 19 heavy (non-hydrogen) atoms. The minimum absolute atomic E-state index is 0.147. The van der Waals surface area contributed by atoms with E-state index in [4.69, 9.17) is 5.11 Å². The molecule has 0 spiro atoms. The van der Waals surface area contributed by atoms with E-state index in [1.807, 2.05) is 24.3 Å². The molecule has 0 aliphatic carbocycles. The van der Waals surface area contributed by atoms with E-state index in [0.29, 0.717) is 4.88 Å². The average Bonchev–Trinajstić information content (AvgIpc) is 2.86. The van der Waals surface area contributed by atoms with Crippen molar-refractivity contribution < 1.29 is 13.5 Å². The van der Waals surface area contributed by atoms with Gasteiger partial charge in [0.15, 0.2) is 0 Å². The molecule has 0 fully saturated rings. The fraction of sp³-hybridized carbons (Fsp3) is 0.167. The average molecular weight is 362 g/mol. The van der Waals surface area contributed by atoms with Crippen LogP contribution in [0.3, 0.4) is 0 Å². The third kappa shape index (κ3) is 3.87. The van der Waals surface area contributed by atoms with E-state index in [0.717, 1.165) is 21.4 Å². The predicted octanol–water partition coefficient (Wildman–Crippen LogP) is 2.48. The van der Waals surface area contributed by atoms with Crippen LogP contribution in [0.2, 0.25) is 0 Å². The molecule has 0 saturated carbocycles. The van der Waals surface area contributed by atoms with Crippen molar-refractivity contribution in [2.45, 2.75) is 17.4 Å². The van der Waals surface area contributed by atoms with Crippen molar-refractivity contribution in [1.82, 2.24) is 4.72 Å². The lowest BCUT2D eigenvalue weighted by Crippen LogP contribution is -2.22. The smallest absolute Gasteiger partial charge is 0.250 e. The molecule has 102 valence electrons. The molecule has 0 aliphatic rings. The van der Waals surface area contributed by atoms with Gasteiger partial charge in [-0.3, -0.25) is 0 Å². The minimum atomic E-state index is -3.52. The maximum absolute atomic E-state index is 12.0. The first kappa shape index (κ1) is 14.7. The standard InChI is InChI=1S/C12H12BrNO3S2/c13-10-3-1-2-9(6-10)7-14-19(16,17)12-5-4-11(8-15)18-12/h1-6,14-15H,7-8H2.